The Morgan fingerprint density at radius 1 is 0.725 bits per heavy atom. The monoisotopic (exact) mass is 724 g/mol. The van der Waals surface area contributed by atoms with Gasteiger partial charge < -0.3 is 11.1 Å². The maximum absolute atomic E-state index is 13.5. The molecule has 3 N–H and O–H groups in total. The van der Waals surface area contributed by atoms with Gasteiger partial charge in [0, 0.05) is 24.5 Å². The van der Waals surface area contributed by atoms with E-state index < -0.39 is 27.2 Å². The third-order valence-electron chi connectivity index (χ3n) is 7.70. The van der Waals surface area contributed by atoms with Gasteiger partial charge in [0.2, 0.25) is 11.0 Å². The molecular formula is C32H35ClF2N12O4. The van der Waals surface area contributed by atoms with Gasteiger partial charge in [-0.15, -0.1) is 0 Å². The number of nitro groups is 2. The third kappa shape index (κ3) is 9.28. The van der Waals surface area contributed by atoms with Gasteiger partial charge in [-0.25, -0.2) is 38.7 Å². The van der Waals surface area contributed by atoms with Gasteiger partial charge >= 0.3 is 11.4 Å². The van der Waals surface area contributed by atoms with E-state index in [9.17, 15) is 29.0 Å². The van der Waals surface area contributed by atoms with Crippen LogP contribution in [-0.2, 0) is 0 Å². The number of halogens is 3. The number of nitrogens with two attached hydrogens (primary N) is 1. The van der Waals surface area contributed by atoms with Crippen molar-refractivity contribution in [1.82, 2.24) is 38.7 Å². The largest absolute Gasteiger partial charge is 0.362 e. The third-order valence-corrected chi connectivity index (χ3v) is 7.98. The van der Waals surface area contributed by atoms with E-state index in [2.05, 4.69) is 49.1 Å². The van der Waals surface area contributed by atoms with Gasteiger partial charge in [0.05, 0.1) is 22.2 Å². The first-order chi connectivity index (χ1) is 24.1. The molecule has 16 nitrogen and oxygen atoms in total. The summed E-state index contributed by atoms with van der Waals surface area (Å²) < 4.78 is 29.7. The summed E-state index contributed by atoms with van der Waals surface area (Å²) in [6.45, 7) is 12.2. The highest BCUT2D eigenvalue weighted by molar-refractivity contribution is 6.31. The minimum absolute atomic E-state index is 0.0268. The average Bonchev–Trinajstić information content (AvgIpc) is 3.68. The van der Waals surface area contributed by atoms with Gasteiger partial charge in [-0.1, -0.05) is 39.3 Å². The van der Waals surface area contributed by atoms with Gasteiger partial charge in [-0.2, -0.15) is 0 Å². The molecule has 6 aromatic heterocycles. The van der Waals surface area contributed by atoms with Crippen molar-refractivity contribution in [1.29, 1.82) is 0 Å². The molecule has 19 heteroatoms. The van der Waals surface area contributed by atoms with Gasteiger partial charge in [0.1, 0.15) is 46.7 Å². The first-order valence-electron chi connectivity index (χ1n) is 15.5. The van der Waals surface area contributed by atoms with E-state index in [-0.39, 0.29) is 40.3 Å². The second-order valence-corrected chi connectivity index (χ2v) is 12.4. The van der Waals surface area contributed by atoms with Crippen LogP contribution < -0.4 is 11.1 Å². The normalized spacial score (nSPS) is 12.2. The Bertz CT molecular complexity index is 2170. The number of pyridine rings is 2. The second kappa shape index (κ2) is 16.3. The number of anilines is 1. The van der Waals surface area contributed by atoms with Crippen molar-refractivity contribution in [3.8, 4) is 23.0 Å². The molecule has 0 aliphatic carbocycles. The summed E-state index contributed by atoms with van der Waals surface area (Å²) in [5.74, 6) is 0.474. The van der Waals surface area contributed by atoms with Crippen LogP contribution in [0.1, 0.15) is 41.5 Å². The molecule has 0 bridgehead atoms. The van der Waals surface area contributed by atoms with Crippen molar-refractivity contribution >= 4 is 40.1 Å². The zero-order valence-corrected chi connectivity index (χ0v) is 29.2. The molecule has 0 saturated heterocycles. The lowest BCUT2D eigenvalue weighted by molar-refractivity contribution is -0.385. The maximum Gasteiger partial charge on any atom is 0.329 e. The number of nitrogens with zero attached hydrogens (tertiary/aromatic N) is 10. The number of fused-ring (bicyclic) bond motifs is 2. The Labute approximate surface area is 295 Å². The van der Waals surface area contributed by atoms with E-state index in [0.29, 0.717) is 34.6 Å². The van der Waals surface area contributed by atoms with Crippen LogP contribution in [0.4, 0.5) is 26.0 Å². The minimum atomic E-state index is -0.680. The Hall–Kier alpha value is -5.75. The van der Waals surface area contributed by atoms with Crippen LogP contribution in [0.5, 0.6) is 0 Å². The predicted molar refractivity (Wildman–Crippen MR) is 187 cm³/mol. The highest BCUT2D eigenvalue weighted by Gasteiger charge is 2.22. The number of imidazole rings is 2. The standard InChI is InChI=1S/C16H17FN6O2.C11H5ClFN5O2.C5H13N/c1-9(2)10(3)20-16-13(23(24)25)7-19-15(21-16)12-6-18-14-5-4-11(17)8-22(12)14;12-10-7(18(19)20)3-15-11(16-10)8-4-14-9-2-1-6(13)5-17(8)9;1-4(2)5(3)6/h4-10H,1-3H3,(H,19,20,21);1-5H;4-5H,6H2,1-3H3/t10-;;5-/m1.1/s1. The molecule has 0 aliphatic rings. The van der Waals surface area contributed by atoms with Gasteiger partial charge in [-0.3, -0.25) is 29.0 Å². The summed E-state index contributed by atoms with van der Waals surface area (Å²) in [5, 5.41) is 24.7. The first kappa shape index (κ1) is 38.1. The first-order valence-corrected chi connectivity index (χ1v) is 15.9. The van der Waals surface area contributed by atoms with Crippen molar-refractivity contribution in [2.75, 3.05) is 5.32 Å². The molecule has 0 radical (unpaired) electrons. The molecule has 6 heterocycles. The second-order valence-electron chi connectivity index (χ2n) is 12.0. The average molecular weight is 725 g/mol. The summed E-state index contributed by atoms with van der Waals surface area (Å²) in [4.78, 5) is 45.0. The van der Waals surface area contributed by atoms with E-state index >= 15 is 0 Å². The number of hydrogen-bond donors (Lipinski definition) is 2. The van der Waals surface area contributed by atoms with E-state index in [1.807, 2.05) is 27.7 Å². The maximum atomic E-state index is 13.5. The van der Waals surface area contributed by atoms with E-state index in [1.165, 1.54) is 57.9 Å². The fourth-order valence-corrected chi connectivity index (χ4v) is 4.16. The Morgan fingerprint density at radius 3 is 1.59 bits per heavy atom. The molecule has 268 valence electrons. The molecule has 0 saturated carbocycles. The molecular weight excluding hydrogens is 690 g/mol. The predicted octanol–water partition coefficient (Wildman–Crippen LogP) is 6.78. The summed E-state index contributed by atoms with van der Waals surface area (Å²) in [5.41, 5.74) is 6.69. The summed E-state index contributed by atoms with van der Waals surface area (Å²) in [6, 6.07) is 5.93. The van der Waals surface area contributed by atoms with E-state index in [0.717, 1.165) is 12.4 Å². The number of rotatable bonds is 8. The molecule has 6 rings (SSSR count). The van der Waals surface area contributed by atoms with Crippen molar-refractivity contribution in [3.63, 3.8) is 0 Å². The Kier molecular flexibility index (Phi) is 12.2. The SMILES string of the molecule is CC(C)[C@@H](C)N.CC(C)[C@@H](C)Nc1nc(-c2cnc3ccc(F)cn23)ncc1[N+](=O)[O-].O=[N+]([O-])c1cnc(-c2cnc3ccc(F)cn23)nc1Cl. The van der Waals surface area contributed by atoms with Crippen molar-refractivity contribution in [2.45, 2.75) is 53.6 Å². The minimum Gasteiger partial charge on any atom is -0.362 e. The molecule has 0 amide bonds. The summed E-state index contributed by atoms with van der Waals surface area (Å²) in [6.07, 6.45) is 7.58. The topological polar surface area (TPSA) is 210 Å². The van der Waals surface area contributed by atoms with Gasteiger partial charge in [0.15, 0.2) is 11.6 Å². The van der Waals surface area contributed by atoms with Crippen LogP contribution in [0.15, 0.2) is 61.4 Å². The van der Waals surface area contributed by atoms with Crippen LogP contribution in [0.3, 0.4) is 0 Å². The highest BCUT2D eigenvalue weighted by Crippen LogP contribution is 2.27. The molecule has 51 heavy (non-hydrogen) atoms. The van der Waals surface area contributed by atoms with Gasteiger partial charge in [0.25, 0.3) is 0 Å². The smallest absolute Gasteiger partial charge is 0.329 e. The van der Waals surface area contributed by atoms with Crippen LogP contribution in [0, 0.1) is 43.7 Å². The lowest BCUT2D eigenvalue weighted by Crippen LogP contribution is -2.23. The number of aromatic nitrogens is 8. The fourth-order valence-electron chi connectivity index (χ4n) is 3.96. The summed E-state index contributed by atoms with van der Waals surface area (Å²) in [7, 11) is 0. The lowest BCUT2D eigenvalue weighted by atomic mass is 10.1. The van der Waals surface area contributed by atoms with Crippen LogP contribution in [-0.4, -0.2) is 60.6 Å². The lowest BCUT2D eigenvalue weighted by Gasteiger charge is -2.18. The molecule has 0 aromatic carbocycles. The molecule has 2 atom stereocenters. The Balaban J connectivity index is 0.000000201. The van der Waals surface area contributed by atoms with Crippen LogP contribution in [0.2, 0.25) is 5.15 Å². The molecule has 0 aliphatic heterocycles. The molecule has 0 fully saturated rings. The quantitative estimate of drug-likeness (QED) is 0.0945. The van der Waals surface area contributed by atoms with Crippen LogP contribution >= 0.6 is 11.6 Å². The van der Waals surface area contributed by atoms with Crippen LogP contribution in [0.25, 0.3) is 34.3 Å². The fraction of sp³-hybridized carbons (Fsp3) is 0.312. The highest BCUT2D eigenvalue weighted by atomic mass is 35.5. The zero-order valence-electron chi connectivity index (χ0n) is 28.4. The molecule has 0 spiro atoms. The number of nitrogens with one attached hydrogen (secondary N) is 1. The van der Waals surface area contributed by atoms with E-state index in [4.69, 9.17) is 17.3 Å². The van der Waals surface area contributed by atoms with Gasteiger partial charge in [-0.05, 0) is 49.9 Å². The molecule has 6 aromatic rings. The Morgan fingerprint density at radius 2 is 1.18 bits per heavy atom. The zero-order chi connectivity index (χ0) is 37.6. The molecule has 0 unspecified atom stereocenters. The summed E-state index contributed by atoms with van der Waals surface area (Å²) >= 11 is 5.73. The van der Waals surface area contributed by atoms with Crippen molar-refractivity contribution < 1.29 is 18.6 Å². The van der Waals surface area contributed by atoms with Crippen molar-refractivity contribution in [3.05, 3.63) is 98.5 Å². The van der Waals surface area contributed by atoms with E-state index in [1.54, 1.807) is 0 Å². The number of hydrogen-bond acceptors (Lipinski definition) is 12. The van der Waals surface area contributed by atoms with Crippen molar-refractivity contribution in [2.24, 2.45) is 17.6 Å².